The van der Waals surface area contributed by atoms with E-state index in [2.05, 4.69) is 20.9 Å². The Hall–Kier alpha value is -2.69. The van der Waals surface area contributed by atoms with Crippen LogP contribution in [0, 0.1) is 17.6 Å². The number of anilines is 1. The van der Waals surface area contributed by atoms with Gasteiger partial charge in [-0.15, -0.1) is 11.8 Å². The minimum atomic E-state index is -0.707. The van der Waals surface area contributed by atoms with E-state index >= 15 is 0 Å². The first kappa shape index (κ1) is 23.5. The van der Waals surface area contributed by atoms with E-state index in [1.165, 1.54) is 11.8 Å². The molecule has 0 aromatic heterocycles. The monoisotopic (exact) mass is 476 g/mol. The molecule has 4 rings (SSSR count). The Kier molecular flexibility index (Phi) is 7.46. The minimum Gasteiger partial charge on any atom is -0.496 e. The molecular weight excluding hydrogens is 450 g/mol. The number of benzene rings is 2. The molecule has 2 fully saturated rings. The van der Waals surface area contributed by atoms with Crippen molar-refractivity contribution in [3.8, 4) is 5.75 Å². The first-order valence-electron chi connectivity index (χ1n) is 10.7. The van der Waals surface area contributed by atoms with Gasteiger partial charge in [-0.25, -0.2) is 8.78 Å². The highest BCUT2D eigenvalue weighted by Gasteiger charge is 2.40. The molecular formula is C23H26F2N4O3S. The highest BCUT2D eigenvalue weighted by atomic mass is 32.2. The van der Waals surface area contributed by atoms with Crippen molar-refractivity contribution >= 4 is 29.3 Å². The number of hydrogen-bond acceptors (Lipinski definition) is 6. The van der Waals surface area contributed by atoms with E-state index in [-0.39, 0.29) is 29.3 Å². The van der Waals surface area contributed by atoms with Crippen molar-refractivity contribution in [3.05, 3.63) is 59.7 Å². The molecule has 0 aliphatic carbocycles. The number of fused-ring (bicyclic) bond motifs is 1. The van der Waals surface area contributed by atoms with Gasteiger partial charge in [-0.3, -0.25) is 19.8 Å². The third kappa shape index (κ3) is 5.82. The highest BCUT2D eigenvalue weighted by Crippen LogP contribution is 2.27. The summed E-state index contributed by atoms with van der Waals surface area (Å²) in [6, 6.07) is 10.7. The standard InChI is InChI=1S/C23H26F2N4O3S/c1-32-20-5-3-2-4-14(20)11-29-9-8-18-16(12-29)22(31)28-23(27-18)33-13-21(30)26-19-10-15(24)6-7-17(19)25/h2-7,10,16,18,23,27H,8-9,11-13H2,1H3,(H,26,30)(H,28,31). The molecule has 2 aromatic carbocycles. The Morgan fingerprint density at radius 1 is 1.27 bits per heavy atom. The van der Waals surface area contributed by atoms with Crippen molar-refractivity contribution in [2.24, 2.45) is 5.92 Å². The molecule has 2 aliphatic rings. The zero-order chi connectivity index (χ0) is 23.4. The number of hydrogen-bond donors (Lipinski definition) is 3. The maximum Gasteiger partial charge on any atom is 0.234 e. The predicted molar refractivity (Wildman–Crippen MR) is 123 cm³/mol. The van der Waals surface area contributed by atoms with Crippen LogP contribution in [-0.4, -0.2) is 54.2 Å². The smallest absolute Gasteiger partial charge is 0.234 e. The van der Waals surface area contributed by atoms with Crippen LogP contribution in [0.1, 0.15) is 12.0 Å². The number of likely N-dealkylation sites (tertiary alicyclic amines) is 1. The number of halogens is 2. The SMILES string of the molecule is COc1ccccc1CN1CCC2NC(SCC(=O)Nc3cc(F)ccc3F)NC(=O)C2C1. The summed E-state index contributed by atoms with van der Waals surface area (Å²) in [5.74, 6) is -1.26. The molecule has 3 unspecified atom stereocenters. The molecule has 2 amide bonds. The first-order valence-corrected chi connectivity index (χ1v) is 11.7. The number of amides is 2. The van der Waals surface area contributed by atoms with E-state index in [0.717, 1.165) is 42.5 Å². The van der Waals surface area contributed by atoms with Crippen molar-refractivity contribution in [2.75, 3.05) is 31.3 Å². The van der Waals surface area contributed by atoms with Gasteiger partial charge in [-0.05, 0) is 24.6 Å². The number of nitrogens with zero attached hydrogens (tertiary/aromatic N) is 1. The van der Waals surface area contributed by atoms with Crippen LogP contribution in [0.25, 0.3) is 0 Å². The summed E-state index contributed by atoms with van der Waals surface area (Å²) in [5.41, 5.74) is 0.447. The number of rotatable bonds is 7. The Labute approximate surface area is 195 Å². The summed E-state index contributed by atoms with van der Waals surface area (Å²) >= 11 is 1.20. The Balaban J connectivity index is 1.28. The van der Waals surface area contributed by atoms with Crippen LogP contribution in [-0.2, 0) is 16.1 Å². The number of thioether (sulfide) groups is 1. The van der Waals surface area contributed by atoms with Crippen LogP contribution in [0.15, 0.2) is 42.5 Å². The lowest BCUT2D eigenvalue weighted by Gasteiger charge is -2.43. The number of methoxy groups -OCH3 is 1. The lowest BCUT2D eigenvalue weighted by molar-refractivity contribution is -0.130. The molecule has 10 heteroatoms. The average Bonchev–Trinajstić information content (AvgIpc) is 2.81. The molecule has 0 bridgehead atoms. The first-order chi connectivity index (χ1) is 15.9. The van der Waals surface area contributed by atoms with Gasteiger partial charge in [0.05, 0.1) is 24.5 Å². The molecule has 0 spiro atoms. The third-order valence-electron chi connectivity index (χ3n) is 5.84. The van der Waals surface area contributed by atoms with Crippen LogP contribution in [0.5, 0.6) is 5.75 Å². The van der Waals surface area contributed by atoms with Gasteiger partial charge in [-0.2, -0.15) is 0 Å². The van der Waals surface area contributed by atoms with Crippen LogP contribution < -0.4 is 20.7 Å². The summed E-state index contributed by atoms with van der Waals surface area (Å²) in [6.45, 7) is 2.16. The molecule has 3 N–H and O–H groups in total. The molecule has 33 heavy (non-hydrogen) atoms. The van der Waals surface area contributed by atoms with Gasteiger partial charge in [0, 0.05) is 37.3 Å². The fraction of sp³-hybridized carbons (Fsp3) is 0.391. The second-order valence-corrected chi connectivity index (χ2v) is 9.18. The summed E-state index contributed by atoms with van der Waals surface area (Å²) in [6.07, 6.45) is 0.797. The molecule has 0 radical (unpaired) electrons. The summed E-state index contributed by atoms with van der Waals surface area (Å²) in [7, 11) is 1.65. The molecule has 7 nitrogen and oxygen atoms in total. The van der Waals surface area contributed by atoms with E-state index in [1.54, 1.807) is 7.11 Å². The number of ether oxygens (including phenoxy) is 1. The number of carbonyl (C=O) groups excluding carboxylic acids is 2. The van der Waals surface area contributed by atoms with Crippen molar-refractivity contribution in [3.63, 3.8) is 0 Å². The Morgan fingerprint density at radius 2 is 2.09 bits per heavy atom. The zero-order valence-electron chi connectivity index (χ0n) is 18.1. The largest absolute Gasteiger partial charge is 0.496 e. The fourth-order valence-electron chi connectivity index (χ4n) is 4.20. The average molecular weight is 477 g/mol. The van der Waals surface area contributed by atoms with E-state index in [0.29, 0.717) is 13.1 Å². The summed E-state index contributed by atoms with van der Waals surface area (Å²) in [5, 5.41) is 8.67. The lowest BCUT2D eigenvalue weighted by Crippen LogP contribution is -2.64. The Morgan fingerprint density at radius 3 is 2.91 bits per heavy atom. The minimum absolute atomic E-state index is 0.00823. The van der Waals surface area contributed by atoms with Crippen molar-refractivity contribution in [2.45, 2.75) is 24.5 Å². The summed E-state index contributed by atoms with van der Waals surface area (Å²) in [4.78, 5) is 27.2. The van der Waals surface area contributed by atoms with Gasteiger partial charge in [0.25, 0.3) is 0 Å². The fourth-order valence-corrected chi connectivity index (χ4v) is 5.06. The predicted octanol–water partition coefficient (Wildman–Crippen LogP) is 2.54. The molecule has 2 saturated heterocycles. The van der Waals surface area contributed by atoms with Gasteiger partial charge in [0.1, 0.15) is 22.9 Å². The number of nitrogens with one attached hydrogen (secondary N) is 3. The van der Waals surface area contributed by atoms with Crippen LogP contribution in [0.2, 0.25) is 0 Å². The molecule has 2 aromatic rings. The number of carbonyl (C=O) groups is 2. The number of para-hydroxylation sites is 1. The maximum absolute atomic E-state index is 13.7. The number of piperidine rings is 1. The maximum atomic E-state index is 13.7. The Bertz CT molecular complexity index is 1020. The zero-order valence-corrected chi connectivity index (χ0v) is 19.0. The van der Waals surface area contributed by atoms with Gasteiger partial charge < -0.3 is 15.4 Å². The van der Waals surface area contributed by atoms with Crippen molar-refractivity contribution in [1.29, 1.82) is 0 Å². The molecule has 2 heterocycles. The van der Waals surface area contributed by atoms with Crippen LogP contribution in [0.3, 0.4) is 0 Å². The van der Waals surface area contributed by atoms with Crippen LogP contribution in [0.4, 0.5) is 14.5 Å². The quantitative estimate of drug-likeness (QED) is 0.570. The van der Waals surface area contributed by atoms with Crippen molar-refractivity contribution < 1.29 is 23.1 Å². The normalized spacial score (nSPS) is 22.9. The highest BCUT2D eigenvalue weighted by molar-refractivity contribution is 8.00. The molecule has 176 valence electrons. The third-order valence-corrected chi connectivity index (χ3v) is 6.86. The van der Waals surface area contributed by atoms with Gasteiger partial charge in [0.2, 0.25) is 11.8 Å². The lowest BCUT2D eigenvalue weighted by atomic mass is 9.89. The molecule has 3 atom stereocenters. The molecule has 2 aliphatic heterocycles. The van der Waals surface area contributed by atoms with E-state index in [9.17, 15) is 18.4 Å². The molecule has 0 saturated carbocycles. The van der Waals surface area contributed by atoms with Crippen LogP contribution >= 0.6 is 11.8 Å². The van der Waals surface area contributed by atoms with Crippen molar-refractivity contribution in [1.82, 2.24) is 15.5 Å². The second kappa shape index (κ2) is 10.5. The van der Waals surface area contributed by atoms with Gasteiger partial charge in [0.15, 0.2) is 0 Å². The van der Waals surface area contributed by atoms with E-state index < -0.39 is 23.0 Å². The van der Waals surface area contributed by atoms with Gasteiger partial charge >= 0.3 is 0 Å². The van der Waals surface area contributed by atoms with Gasteiger partial charge in [-0.1, -0.05) is 18.2 Å². The summed E-state index contributed by atoms with van der Waals surface area (Å²) < 4.78 is 32.4. The topological polar surface area (TPSA) is 82.7 Å². The second-order valence-electron chi connectivity index (χ2n) is 8.09. The van der Waals surface area contributed by atoms with E-state index in [4.69, 9.17) is 4.74 Å². The van der Waals surface area contributed by atoms with E-state index in [1.807, 2.05) is 24.3 Å².